The molecular formula is C22H28N4O2. The average molecular weight is 380 g/mol. The maximum atomic E-state index is 11.6. The molecular weight excluding hydrogens is 352 g/mol. The van der Waals surface area contributed by atoms with Crippen LogP contribution in [0.3, 0.4) is 0 Å². The highest BCUT2D eigenvalue weighted by Crippen LogP contribution is 2.30. The van der Waals surface area contributed by atoms with E-state index in [9.17, 15) is 4.79 Å². The normalized spacial score (nSPS) is 21.5. The van der Waals surface area contributed by atoms with Crippen LogP contribution in [-0.4, -0.2) is 57.9 Å². The molecule has 0 saturated carbocycles. The lowest BCUT2D eigenvalue weighted by atomic mass is 9.92. The number of carbonyl (C=O) groups is 1. The molecule has 6 heteroatoms. The lowest BCUT2D eigenvalue weighted by molar-refractivity contribution is -0.130. The number of aromatic nitrogens is 2. The minimum atomic E-state index is 0.195. The van der Waals surface area contributed by atoms with Gasteiger partial charge in [0.2, 0.25) is 11.8 Å². The van der Waals surface area contributed by atoms with Gasteiger partial charge in [-0.15, -0.1) is 0 Å². The third kappa shape index (κ3) is 4.50. The summed E-state index contributed by atoms with van der Waals surface area (Å²) < 4.78 is 5.86. The maximum absolute atomic E-state index is 11.6. The molecule has 6 nitrogen and oxygen atoms in total. The van der Waals surface area contributed by atoms with Crippen LogP contribution in [0.5, 0.6) is 11.6 Å². The molecule has 0 spiro atoms. The number of piperidine rings is 2. The summed E-state index contributed by atoms with van der Waals surface area (Å²) in [5.74, 6) is 1.90. The number of ether oxygens (including phenoxy) is 1. The Morgan fingerprint density at radius 2 is 1.86 bits per heavy atom. The second-order valence-corrected chi connectivity index (χ2v) is 7.77. The SMILES string of the molecule is CC(=O)N1CCC(N2CCC[C@@H](c3cncc(Oc4ccccc4)n3)C2)CC1. The Hall–Kier alpha value is -2.47. The quantitative estimate of drug-likeness (QED) is 0.813. The van der Waals surface area contributed by atoms with E-state index < -0.39 is 0 Å². The van der Waals surface area contributed by atoms with E-state index in [0.717, 1.165) is 56.9 Å². The Morgan fingerprint density at radius 1 is 1.07 bits per heavy atom. The van der Waals surface area contributed by atoms with E-state index in [1.165, 1.54) is 6.42 Å². The second-order valence-electron chi connectivity index (χ2n) is 7.77. The van der Waals surface area contributed by atoms with Crippen molar-refractivity contribution in [3.63, 3.8) is 0 Å². The molecule has 1 amide bonds. The molecule has 2 saturated heterocycles. The molecule has 28 heavy (non-hydrogen) atoms. The van der Waals surface area contributed by atoms with Crippen LogP contribution in [0.15, 0.2) is 42.7 Å². The molecule has 2 aromatic rings. The molecule has 0 unspecified atom stereocenters. The van der Waals surface area contributed by atoms with Crippen molar-refractivity contribution in [1.29, 1.82) is 0 Å². The van der Waals surface area contributed by atoms with Crippen molar-refractivity contribution in [3.8, 4) is 11.6 Å². The van der Waals surface area contributed by atoms with Gasteiger partial charge in [0, 0.05) is 44.7 Å². The van der Waals surface area contributed by atoms with Gasteiger partial charge >= 0.3 is 0 Å². The Kier molecular flexibility index (Phi) is 5.86. The molecule has 3 heterocycles. The maximum Gasteiger partial charge on any atom is 0.238 e. The van der Waals surface area contributed by atoms with Gasteiger partial charge in [-0.1, -0.05) is 18.2 Å². The van der Waals surface area contributed by atoms with Crippen LogP contribution in [0.2, 0.25) is 0 Å². The summed E-state index contributed by atoms with van der Waals surface area (Å²) in [5, 5.41) is 0. The van der Waals surface area contributed by atoms with E-state index in [4.69, 9.17) is 9.72 Å². The van der Waals surface area contributed by atoms with Gasteiger partial charge in [0.25, 0.3) is 0 Å². The zero-order valence-electron chi connectivity index (χ0n) is 16.5. The van der Waals surface area contributed by atoms with Crippen LogP contribution in [0.25, 0.3) is 0 Å². The lowest BCUT2D eigenvalue weighted by Gasteiger charge is -2.42. The number of hydrogen-bond donors (Lipinski definition) is 0. The van der Waals surface area contributed by atoms with Gasteiger partial charge < -0.3 is 9.64 Å². The molecule has 1 aromatic heterocycles. The monoisotopic (exact) mass is 380 g/mol. The van der Waals surface area contributed by atoms with Gasteiger partial charge in [0.1, 0.15) is 5.75 Å². The van der Waals surface area contributed by atoms with Crippen LogP contribution < -0.4 is 4.74 Å². The zero-order chi connectivity index (χ0) is 19.3. The fourth-order valence-electron chi connectivity index (χ4n) is 4.34. The van der Waals surface area contributed by atoms with Gasteiger partial charge in [-0.3, -0.25) is 14.7 Å². The van der Waals surface area contributed by atoms with Crippen molar-refractivity contribution in [2.75, 3.05) is 26.2 Å². The van der Waals surface area contributed by atoms with Gasteiger partial charge in [-0.2, -0.15) is 0 Å². The zero-order valence-corrected chi connectivity index (χ0v) is 16.5. The molecule has 1 aromatic carbocycles. The summed E-state index contributed by atoms with van der Waals surface area (Å²) in [6.45, 7) is 5.56. The van der Waals surface area contributed by atoms with Crippen molar-refractivity contribution in [3.05, 3.63) is 48.4 Å². The fraction of sp³-hybridized carbons (Fsp3) is 0.500. The number of carbonyl (C=O) groups excluding carboxylic acids is 1. The van der Waals surface area contributed by atoms with Gasteiger partial charge in [-0.05, 0) is 44.4 Å². The number of para-hydroxylation sites is 1. The largest absolute Gasteiger partial charge is 0.437 e. The van der Waals surface area contributed by atoms with Crippen molar-refractivity contribution in [2.24, 2.45) is 0 Å². The Bertz CT molecular complexity index is 790. The molecule has 0 bridgehead atoms. The van der Waals surface area contributed by atoms with Gasteiger partial charge in [0.15, 0.2) is 0 Å². The Balaban J connectivity index is 1.39. The minimum absolute atomic E-state index is 0.195. The molecule has 1 atom stereocenters. The highest BCUT2D eigenvalue weighted by molar-refractivity contribution is 5.73. The first-order chi connectivity index (χ1) is 13.7. The molecule has 2 aliphatic rings. The first kappa shape index (κ1) is 18.9. The van der Waals surface area contributed by atoms with Crippen LogP contribution in [0, 0.1) is 0 Å². The Labute approximate surface area is 166 Å². The average Bonchev–Trinajstić information content (AvgIpc) is 2.75. The van der Waals surface area contributed by atoms with Crippen molar-refractivity contribution < 1.29 is 9.53 Å². The first-order valence-electron chi connectivity index (χ1n) is 10.2. The summed E-state index contributed by atoms with van der Waals surface area (Å²) in [4.78, 5) is 25.2. The summed E-state index contributed by atoms with van der Waals surface area (Å²) in [6.07, 6.45) is 7.98. The van der Waals surface area contributed by atoms with Crippen molar-refractivity contribution in [1.82, 2.24) is 19.8 Å². The van der Waals surface area contributed by atoms with E-state index in [-0.39, 0.29) is 5.91 Å². The second kappa shape index (κ2) is 8.69. The number of benzene rings is 1. The molecule has 0 radical (unpaired) electrons. The molecule has 2 aliphatic heterocycles. The summed E-state index contributed by atoms with van der Waals surface area (Å²) in [6, 6.07) is 10.3. The fourth-order valence-corrected chi connectivity index (χ4v) is 4.34. The van der Waals surface area contributed by atoms with Crippen molar-refractivity contribution >= 4 is 5.91 Å². The molecule has 4 rings (SSSR count). The number of hydrogen-bond acceptors (Lipinski definition) is 5. The van der Waals surface area contributed by atoms with E-state index in [2.05, 4.69) is 9.88 Å². The molecule has 0 N–H and O–H groups in total. The van der Waals surface area contributed by atoms with Gasteiger partial charge in [-0.25, -0.2) is 4.98 Å². The number of amides is 1. The third-order valence-corrected chi connectivity index (χ3v) is 5.89. The predicted octanol–water partition coefficient (Wildman–Crippen LogP) is 3.46. The highest BCUT2D eigenvalue weighted by atomic mass is 16.5. The molecule has 2 fully saturated rings. The van der Waals surface area contributed by atoms with Crippen LogP contribution in [0.1, 0.15) is 44.2 Å². The van der Waals surface area contributed by atoms with E-state index >= 15 is 0 Å². The summed E-state index contributed by atoms with van der Waals surface area (Å²) in [7, 11) is 0. The number of likely N-dealkylation sites (tertiary alicyclic amines) is 2. The summed E-state index contributed by atoms with van der Waals surface area (Å²) >= 11 is 0. The van der Waals surface area contributed by atoms with Crippen LogP contribution >= 0.6 is 0 Å². The standard InChI is InChI=1S/C22H28N4O2/c1-17(27)25-12-9-19(10-13-25)26-11-5-6-18(16-26)21-14-23-15-22(24-21)28-20-7-3-2-4-8-20/h2-4,7-8,14-15,18-19H,5-6,9-13,16H2,1H3/t18-/m1/s1. The Morgan fingerprint density at radius 3 is 2.61 bits per heavy atom. The lowest BCUT2D eigenvalue weighted by Crippen LogP contribution is -2.49. The number of nitrogens with zero attached hydrogens (tertiary/aromatic N) is 4. The highest BCUT2D eigenvalue weighted by Gasteiger charge is 2.30. The third-order valence-electron chi connectivity index (χ3n) is 5.89. The number of rotatable bonds is 4. The molecule has 0 aliphatic carbocycles. The topological polar surface area (TPSA) is 58.6 Å². The smallest absolute Gasteiger partial charge is 0.238 e. The first-order valence-corrected chi connectivity index (χ1v) is 10.2. The van der Waals surface area contributed by atoms with E-state index in [1.807, 2.05) is 41.4 Å². The van der Waals surface area contributed by atoms with Gasteiger partial charge in [0.05, 0.1) is 11.9 Å². The van der Waals surface area contributed by atoms with E-state index in [0.29, 0.717) is 17.8 Å². The van der Waals surface area contributed by atoms with Crippen molar-refractivity contribution in [2.45, 2.75) is 44.6 Å². The van der Waals surface area contributed by atoms with Crippen LogP contribution in [0.4, 0.5) is 0 Å². The minimum Gasteiger partial charge on any atom is -0.437 e. The van der Waals surface area contributed by atoms with Crippen LogP contribution in [-0.2, 0) is 4.79 Å². The summed E-state index contributed by atoms with van der Waals surface area (Å²) in [5.41, 5.74) is 1.01. The molecule has 148 valence electrons. The predicted molar refractivity (Wildman–Crippen MR) is 107 cm³/mol. The van der Waals surface area contributed by atoms with E-state index in [1.54, 1.807) is 13.1 Å².